The minimum Gasteiger partial charge on any atom is -0.370 e. The van der Waals surface area contributed by atoms with E-state index in [0.717, 1.165) is 36.6 Å². The van der Waals surface area contributed by atoms with E-state index < -0.39 is 9.84 Å². The molecule has 0 aliphatic rings. The molecule has 0 fully saturated rings. The second-order valence-corrected chi connectivity index (χ2v) is 6.65. The lowest BCUT2D eigenvalue weighted by molar-refractivity contribution is 0.602. The number of hydrogen-bond donors (Lipinski definition) is 2. The largest absolute Gasteiger partial charge is 0.370 e. The van der Waals surface area contributed by atoms with E-state index in [1.807, 2.05) is 6.92 Å². The molecule has 7 heteroatoms. The van der Waals surface area contributed by atoms with Crippen molar-refractivity contribution < 1.29 is 8.42 Å². The summed E-state index contributed by atoms with van der Waals surface area (Å²) in [6.45, 7) is 5.24. The van der Waals surface area contributed by atoms with Crippen molar-refractivity contribution in [2.75, 3.05) is 35.7 Å². The molecule has 0 amide bonds. The molecule has 0 saturated carbocycles. The zero-order chi connectivity index (χ0) is 14.3. The van der Waals surface area contributed by atoms with Gasteiger partial charge in [0, 0.05) is 24.9 Å². The van der Waals surface area contributed by atoms with Gasteiger partial charge in [-0.1, -0.05) is 13.3 Å². The molecule has 1 aromatic rings. The Morgan fingerprint density at radius 3 is 2.32 bits per heavy atom. The summed E-state index contributed by atoms with van der Waals surface area (Å²) in [6, 6.07) is 0. The van der Waals surface area contributed by atoms with Crippen molar-refractivity contribution in [2.24, 2.45) is 0 Å². The minimum absolute atomic E-state index is 0.0963. The van der Waals surface area contributed by atoms with E-state index >= 15 is 0 Å². The Kier molecular flexibility index (Phi) is 6.01. The van der Waals surface area contributed by atoms with Crippen molar-refractivity contribution in [3.63, 3.8) is 0 Å². The first-order valence-corrected chi connectivity index (χ1v) is 8.53. The molecule has 19 heavy (non-hydrogen) atoms. The van der Waals surface area contributed by atoms with E-state index in [1.54, 1.807) is 0 Å². The van der Waals surface area contributed by atoms with Gasteiger partial charge in [0.1, 0.15) is 27.8 Å². The zero-order valence-corrected chi connectivity index (χ0v) is 12.5. The number of nitrogens with one attached hydrogen (secondary N) is 2. The average molecular weight is 286 g/mol. The number of nitrogens with zero attached hydrogens (tertiary/aromatic N) is 2. The molecule has 0 saturated heterocycles. The molecule has 0 radical (unpaired) electrons. The molecule has 108 valence electrons. The highest BCUT2D eigenvalue weighted by Crippen LogP contribution is 2.21. The van der Waals surface area contributed by atoms with Gasteiger partial charge in [-0.2, -0.15) is 0 Å². The topological polar surface area (TPSA) is 84.0 Å². The van der Waals surface area contributed by atoms with Gasteiger partial charge in [0.05, 0.1) is 5.75 Å². The molecule has 0 atom stereocenters. The highest BCUT2D eigenvalue weighted by atomic mass is 32.2. The first-order valence-electron chi connectivity index (χ1n) is 6.47. The van der Waals surface area contributed by atoms with Gasteiger partial charge >= 0.3 is 0 Å². The third-order valence-electron chi connectivity index (χ3n) is 2.55. The maximum absolute atomic E-state index is 11.1. The van der Waals surface area contributed by atoms with Crippen LogP contribution in [0.3, 0.4) is 0 Å². The summed E-state index contributed by atoms with van der Waals surface area (Å²) in [7, 11) is -2.96. The molecular formula is C12H22N4O2S. The standard InChI is InChI=1S/C12H22N4O2S/c1-4-6-10-11(13-5-2)15-9-16-12(10)14-7-8-19(3,17)18/h9H,4-8H2,1-3H3,(H2,13,14,15,16). The molecule has 1 aromatic heterocycles. The molecule has 0 unspecified atom stereocenters. The third kappa shape index (κ3) is 5.42. The van der Waals surface area contributed by atoms with Crippen molar-refractivity contribution in [3.8, 4) is 0 Å². The molecule has 2 N–H and O–H groups in total. The maximum atomic E-state index is 11.1. The molecule has 0 bridgehead atoms. The summed E-state index contributed by atoms with van der Waals surface area (Å²) in [4.78, 5) is 8.43. The predicted molar refractivity (Wildman–Crippen MR) is 78.4 cm³/mol. The van der Waals surface area contributed by atoms with Gasteiger partial charge in [-0.3, -0.25) is 0 Å². The quantitative estimate of drug-likeness (QED) is 0.750. The number of hydrogen-bond acceptors (Lipinski definition) is 6. The van der Waals surface area contributed by atoms with E-state index in [4.69, 9.17) is 0 Å². The van der Waals surface area contributed by atoms with Crippen molar-refractivity contribution in [2.45, 2.75) is 26.7 Å². The lowest BCUT2D eigenvalue weighted by atomic mass is 10.1. The molecule has 1 rings (SSSR count). The minimum atomic E-state index is -2.96. The van der Waals surface area contributed by atoms with E-state index in [2.05, 4.69) is 27.5 Å². The van der Waals surface area contributed by atoms with E-state index in [1.165, 1.54) is 12.6 Å². The lowest BCUT2D eigenvalue weighted by Gasteiger charge is -2.14. The van der Waals surface area contributed by atoms with Crippen LogP contribution in [0.4, 0.5) is 11.6 Å². The van der Waals surface area contributed by atoms with Gasteiger partial charge < -0.3 is 10.6 Å². The van der Waals surface area contributed by atoms with Crippen LogP contribution in [0.25, 0.3) is 0 Å². The van der Waals surface area contributed by atoms with Crippen LogP contribution in [-0.2, 0) is 16.3 Å². The van der Waals surface area contributed by atoms with Crippen molar-refractivity contribution in [1.82, 2.24) is 9.97 Å². The van der Waals surface area contributed by atoms with Crippen LogP contribution in [0.15, 0.2) is 6.33 Å². The molecule has 0 aromatic carbocycles. The number of anilines is 2. The van der Waals surface area contributed by atoms with Crippen LogP contribution in [-0.4, -0.2) is 43.5 Å². The summed E-state index contributed by atoms with van der Waals surface area (Å²) in [5, 5.41) is 6.28. The summed E-state index contributed by atoms with van der Waals surface area (Å²) < 4.78 is 22.2. The Balaban J connectivity index is 2.83. The van der Waals surface area contributed by atoms with Gasteiger partial charge in [-0.15, -0.1) is 0 Å². The normalized spacial score (nSPS) is 11.3. The van der Waals surface area contributed by atoms with Gasteiger partial charge in [-0.25, -0.2) is 18.4 Å². The number of sulfone groups is 1. The van der Waals surface area contributed by atoms with Crippen LogP contribution in [0, 0.1) is 0 Å². The highest BCUT2D eigenvalue weighted by Gasteiger charge is 2.10. The van der Waals surface area contributed by atoms with Gasteiger partial charge in [-0.05, 0) is 13.3 Å². The summed E-state index contributed by atoms with van der Waals surface area (Å²) >= 11 is 0. The van der Waals surface area contributed by atoms with Crippen LogP contribution in [0.1, 0.15) is 25.8 Å². The van der Waals surface area contributed by atoms with E-state index in [0.29, 0.717) is 6.54 Å². The molecule has 0 aliphatic carbocycles. The Hall–Kier alpha value is -1.37. The summed E-state index contributed by atoms with van der Waals surface area (Å²) in [5.41, 5.74) is 1.01. The molecule has 0 aliphatic heterocycles. The molecule has 6 nitrogen and oxygen atoms in total. The van der Waals surface area contributed by atoms with Crippen molar-refractivity contribution >= 4 is 21.5 Å². The van der Waals surface area contributed by atoms with Crippen LogP contribution < -0.4 is 10.6 Å². The maximum Gasteiger partial charge on any atom is 0.149 e. The fraction of sp³-hybridized carbons (Fsp3) is 0.667. The SMILES string of the molecule is CCCc1c(NCC)ncnc1NCCS(C)(=O)=O. The Bertz CT molecular complexity index is 502. The summed E-state index contributed by atoms with van der Waals surface area (Å²) in [5.74, 6) is 1.64. The fourth-order valence-electron chi connectivity index (χ4n) is 1.73. The second-order valence-electron chi connectivity index (χ2n) is 4.39. The predicted octanol–water partition coefficient (Wildman–Crippen LogP) is 1.32. The van der Waals surface area contributed by atoms with Crippen LogP contribution >= 0.6 is 0 Å². The molecule has 0 spiro atoms. The zero-order valence-electron chi connectivity index (χ0n) is 11.7. The number of rotatable bonds is 8. The summed E-state index contributed by atoms with van der Waals surface area (Å²) in [6.07, 6.45) is 4.54. The van der Waals surface area contributed by atoms with Gasteiger partial charge in [0.15, 0.2) is 0 Å². The number of aromatic nitrogens is 2. The first-order chi connectivity index (χ1) is 8.98. The Morgan fingerprint density at radius 1 is 1.16 bits per heavy atom. The fourth-order valence-corrected chi connectivity index (χ4v) is 2.20. The lowest BCUT2D eigenvalue weighted by Crippen LogP contribution is -2.17. The van der Waals surface area contributed by atoms with E-state index in [9.17, 15) is 8.42 Å². The average Bonchev–Trinajstić information content (AvgIpc) is 2.32. The van der Waals surface area contributed by atoms with Crippen LogP contribution in [0.5, 0.6) is 0 Å². The monoisotopic (exact) mass is 286 g/mol. The smallest absolute Gasteiger partial charge is 0.149 e. The van der Waals surface area contributed by atoms with Crippen LogP contribution in [0.2, 0.25) is 0 Å². The van der Waals surface area contributed by atoms with Crippen molar-refractivity contribution in [1.29, 1.82) is 0 Å². The van der Waals surface area contributed by atoms with E-state index in [-0.39, 0.29) is 5.75 Å². The highest BCUT2D eigenvalue weighted by molar-refractivity contribution is 7.90. The van der Waals surface area contributed by atoms with Gasteiger partial charge in [0.25, 0.3) is 0 Å². The van der Waals surface area contributed by atoms with Crippen molar-refractivity contribution in [3.05, 3.63) is 11.9 Å². The Morgan fingerprint density at radius 2 is 1.79 bits per heavy atom. The first kappa shape index (κ1) is 15.7. The molecular weight excluding hydrogens is 264 g/mol. The second kappa shape index (κ2) is 7.28. The molecule has 1 heterocycles. The Labute approximate surface area is 115 Å². The third-order valence-corrected chi connectivity index (χ3v) is 3.50. The van der Waals surface area contributed by atoms with Gasteiger partial charge in [0.2, 0.25) is 0 Å².